The van der Waals surface area contributed by atoms with Crippen molar-refractivity contribution in [2.24, 2.45) is 5.92 Å². The maximum atomic E-state index is 12.2. The third-order valence-electron chi connectivity index (χ3n) is 3.58. The van der Waals surface area contributed by atoms with Gasteiger partial charge in [0, 0.05) is 19.2 Å². The zero-order chi connectivity index (χ0) is 15.6. The van der Waals surface area contributed by atoms with E-state index in [4.69, 9.17) is 16.3 Å². The summed E-state index contributed by atoms with van der Waals surface area (Å²) in [4.78, 5) is 12.2. The minimum absolute atomic E-state index is 0.150. The molecule has 2 heterocycles. The minimum atomic E-state index is -0.235. The summed E-state index contributed by atoms with van der Waals surface area (Å²) in [6.07, 6.45) is 3.42. The summed E-state index contributed by atoms with van der Waals surface area (Å²) in [6, 6.07) is 0.244. The van der Waals surface area contributed by atoms with Gasteiger partial charge in [0.05, 0.1) is 17.5 Å². The third-order valence-corrected chi connectivity index (χ3v) is 3.94. The summed E-state index contributed by atoms with van der Waals surface area (Å²) in [5.74, 6) is 0.348. The van der Waals surface area contributed by atoms with Crippen LogP contribution in [0.5, 0.6) is 0 Å². The van der Waals surface area contributed by atoms with Crippen LogP contribution in [0.2, 0.25) is 5.02 Å². The van der Waals surface area contributed by atoms with E-state index in [1.807, 2.05) is 13.8 Å². The Morgan fingerprint density at radius 1 is 1.57 bits per heavy atom. The van der Waals surface area contributed by atoms with Gasteiger partial charge in [0.15, 0.2) is 0 Å². The van der Waals surface area contributed by atoms with E-state index in [0.717, 1.165) is 12.8 Å². The molecule has 1 unspecified atom stereocenters. The Balaban J connectivity index is 2.14. The Labute approximate surface area is 130 Å². The van der Waals surface area contributed by atoms with Crippen LogP contribution in [-0.4, -0.2) is 28.0 Å². The second-order valence-electron chi connectivity index (χ2n) is 6.70. The van der Waals surface area contributed by atoms with Gasteiger partial charge < -0.3 is 10.1 Å². The van der Waals surface area contributed by atoms with Crippen molar-refractivity contribution in [1.82, 2.24) is 9.78 Å². The molecule has 6 heteroatoms. The molecule has 2 rings (SSSR count). The molecule has 1 aromatic rings. The van der Waals surface area contributed by atoms with E-state index in [1.165, 1.54) is 4.68 Å². The molecule has 1 aliphatic rings. The van der Waals surface area contributed by atoms with Crippen LogP contribution in [0.15, 0.2) is 11.0 Å². The minimum Gasteiger partial charge on any atom is -0.379 e. The summed E-state index contributed by atoms with van der Waals surface area (Å²) in [6.45, 7) is 9.50. The Kier molecular flexibility index (Phi) is 4.94. The highest BCUT2D eigenvalue weighted by molar-refractivity contribution is 6.32. The van der Waals surface area contributed by atoms with Crippen LogP contribution >= 0.6 is 11.6 Å². The average molecular weight is 314 g/mol. The van der Waals surface area contributed by atoms with Crippen LogP contribution in [0.25, 0.3) is 0 Å². The smallest absolute Gasteiger partial charge is 0.287 e. The molecular weight excluding hydrogens is 290 g/mol. The van der Waals surface area contributed by atoms with Gasteiger partial charge >= 0.3 is 0 Å². The molecule has 0 bridgehead atoms. The molecule has 5 nitrogen and oxygen atoms in total. The Morgan fingerprint density at radius 3 is 2.90 bits per heavy atom. The number of nitrogens with one attached hydrogen (secondary N) is 1. The molecule has 0 saturated carbocycles. The predicted molar refractivity (Wildman–Crippen MR) is 85.0 cm³/mol. The first-order valence-corrected chi connectivity index (χ1v) is 7.82. The van der Waals surface area contributed by atoms with E-state index in [1.54, 1.807) is 6.20 Å². The summed E-state index contributed by atoms with van der Waals surface area (Å²) in [7, 11) is 0. The van der Waals surface area contributed by atoms with Crippen molar-refractivity contribution in [1.29, 1.82) is 0 Å². The highest BCUT2D eigenvalue weighted by Crippen LogP contribution is 2.27. The molecule has 1 saturated heterocycles. The average Bonchev–Trinajstić information content (AvgIpc) is 2.37. The van der Waals surface area contributed by atoms with Gasteiger partial charge in [-0.15, -0.1) is 0 Å². The SMILES string of the molecule is CC(C)Cn1ncc(NC2CCOC(C)(C)C2)c(Cl)c1=O. The fourth-order valence-electron chi connectivity index (χ4n) is 2.62. The van der Waals surface area contributed by atoms with Gasteiger partial charge in [-0.1, -0.05) is 25.4 Å². The number of ether oxygens (including phenoxy) is 1. The van der Waals surface area contributed by atoms with E-state index in [0.29, 0.717) is 24.8 Å². The summed E-state index contributed by atoms with van der Waals surface area (Å²) < 4.78 is 7.12. The summed E-state index contributed by atoms with van der Waals surface area (Å²) in [5, 5.41) is 7.76. The first-order chi connectivity index (χ1) is 9.78. The van der Waals surface area contributed by atoms with Crippen LogP contribution in [0.1, 0.15) is 40.5 Å². The van der Waals surface area contributed by atoms with E-state index in [-0.39, 0.29) is 22.2 Å². The fraction of sp³-hybridized carbons (Fsp3) is 0.733. The molecule has 0 aromatic carbocycles. The lowest BCUT2D eigenvalue weighted by Crippen LogP contribution is -2.40. The quantitative estimate of drug-likeness (QED) is 0.928. The van der Waals surface area contributed by atoms with Crippen molar-refractivity contribution < 1.29 is 4.74 Å². The van der Waals surface area contributed by atoms with E-state index in [9.17, 15) is 4.79 Å². The van der Waals surface area contributed by atoms with Gasteiger partial charge in [0.2, 0.25) is 0 Å². The van der Waals surface area contributed by atoms with Crippen LogP contribution in [0.4, 0.5) is 5.69 Å². The molecule has 1 atom stereocenters. The normalized spacial score (nSPS) is 21.5. The molecule has 1 fully saturated rings. The van der Waals surface area contributed by atoms with Crippen molar-refractivity contribution >= 4 is 17.3 Å². The molecule has 1 aliphatic heterocycles. The molecule has 21 heavy (non-hydrogen) atoms. The standard InChI is InChI=1S/C15H24ClN3O2/c1-10(2)9-19-14(20)13(16)12(8-17-19)18-11-5-6-21-15(3,4)7-11/h8,10-11,18H,5-7,9H2,1-4H3. The van der Waals surface area contributed by atoms with Gasteiger partial charge in [0.1, 0.15) is 5.02 Å². The van der Waals surface area contributed by atoms with Crippen molar-refractivity contribution in [2.45, 2.75) is 58.7 Å². The zero-order valence-electron chi connectivity index (χ0n) is 13.1. The van der Waals surface area contributed by atoms with Crippen LogP contribution < -0.4 is 10.9 Å². The zero-order valence-corrected chi connectivity index (χ0v) is 13.9. The maximum Gasteiger partial charge on any atom is 0.287 e. The molecule has 0 spiro atoms. The molecule has 0 radical (unpaired) electrons. The van der Waals surface area contributed by atoms with Crippen LogP contribution in [-0.2, 0) is 11.3 Å². The molecule has 0 amide bonds. The highest BCUT2D eigenvalue weighted by Gasteiger charge is 2.29. The van der Waals surface area contributed by atoms with Crippen molar-refractivity contribution in [2.75, 3.05) is 11.9 Å². The Morgan fingerprint density at radius 2 is 2.29 bits per heavy atom. The van der Waals surface area contributed by atoms with Crippen LogP contribution in [0, 0.1) is 5.92 Å². The number of hydrogen-bond donors (Lipinski definition) is 1. The van der Waals surface area contributed by atoms with Crippen molar-refractivity contribution in [3.8, 4) is 0 Å². The highest BCUT2D eigenvalue weighted by atomic mass is 35.5. The van der Waals surface area contributed by atoms with E-state index < -0.39 is 0 Å². The predicted octanol–water partition coefficient (Wildman–Crippen LogP) is 2.92. The second kappa shape index (κ2) is 6.36. The Bertz CT molecular complexity index is 554. The van der Waals surface area contributed by atoms with Gasteiger partial charge in [-0.3, -0.25) is 4.79 Å². The number of nitrogens with zero attached hydrogens (tertiary/aromatic N) is 2. The largest absolute Gasteiger partial charge is 0.379 e. The van der Waals surface area contributed by atoms with Gasteiger partial charge in [-0.05, 0) is 32.6 Å². The van der Waals surface area contributed by atoms with Crippen molar-refractivity contribution in [3.05, 3.63) is 21.6 Å². The van der Waals surface area contributed by atoms with Crippen LogP contribution in [0.3, 0.4) is 0 Å². The molecule has 118 valence electrons. The van der Waals surface area contributed by atoms with E-state index >= 15 is 0 Å². The number of anilines is 1. The fourth-order valence-corrected chi connectivity index (χ4v) is 2.82. The van der Waals surface area contributed by atoms with Gasteiger partial charge in [0.25, 0.3) is 5.56 Å². The number of halogens is 1. The third kappa shape index (κ3) is 4.20. The molecule has 1 N–H and O–H groups in total. The summed E-state index contributed by atoms with van der Waals surface area (Å²) >= 11 is 6.21. The van der Waals surface area contributed by atoms with E-state index in [2.05, 4.69) is 24.3 Å². The topological polar surface area (TPSA) is 56.1 Å². The van der Waals surface area contributed by atoms with Gasteiger partial charge in [-0.2, -0.15) is 5.10 Å². The maximum absolute atomic E-state index is 12.2. The number of rotatable bonds is 4. The first-order valence-electron chi connectivity index (χ1n) is 7.44. The monoisotopic (exact) mass is 313 g/mol. The van der Waals surface area contributed by atoms with Crippen molar-refractivity contribution in [3.63, 3.8) is 0 Å². The van der Waals surface area contributed by atoms with Gasteiger partial charge in [-0.25, -0.2) is 4.68 Å². The summed E-state index contributed by atoms with van der Waals surface area (Å²) in [5.41, 5.74) is 0.230. The molecule has 0 aliphatic carbocycles. The second-order valence-corrected chi connectivity index (χ2v) is 7.07. The number of hydrogen-bond acceptors (Lipinski definition) is 4. The lowest BCUT2D eigenvalue weighted by Gasteiger charge is -2.36. The number of aromatic nitrogens is 2. The lowest BCUT2D eigenvalue weighted by atomic mass is 9.94. The first kappa shape index (κ1) is 16.3. The Hall–Kier alpha value is -1.07. The molecular formula is C15H24ClN3O2. The molecule has 1 aromatic heterocycles. The lowest BCUT2D eigenvalue weighted by molar-refractivity contribution is -0.0553.